The molecule has 1 aliphatic rings. The molecule has 1 unspecified atom stereocenters. The van der Waals surface area contributed by atoms with Crippen LogP contribution in [0.5, 0.6) is 0 Å². The van der Waals surface area contributed by atoms with Crippen LogP contribution >= 0.6 is 0 Å². The summed E-state index contributed by atoms with van der Waals surface area (Å²) in [4.78, 5) is 22.0. The molecule has 4 aromatic rings. The number of hydrogen-bond donors (Lipinski definition) is 3. The maximum absolute atomic E-state index is 16.0. The number of rotatable bonds is 8. The molecule has 11 nitrogen and oxygen atoms in total. The van der Waals surface area contributed by atoms with Gasteiger partial charge in [0, 0.05) is 25.4 Å². The number of carbonyl (C=O) groups excluding carboxylic acids is 1. The molecule has 4 aromatic heterocycles. The normalized spacial score (nSPS) is 20.0. The number of carbonyl (C=O) groups is 1. The fourth-order valence-corrected chi connectivity index (χ4v) is 4.94. The maximum Gasteiger partial charge on any atom is 0.248 e. The third kappa shape index (κ3) is 4.99. The molecule has 0 aromatic carbocycles. The van der Waals surface area contributed by atoms with Crippen LogP contribution in [-0.4, -0.2) is 90.0 Å². The third-order valence-electron chi connectivity index (χ3n) is 6.76. The van der Waals surface area contributed by atoms with E-state index >= 15 is 4.39 Å². The summed E-state index contributed by atoms with van der Waals surface area (Å²) in [6.07, 6.45) is 3.35. The first-order valence-electron chi connectivity index (χ1n) is 12.4. The largest absolute Gasteiger partial charge is 0.387 e. The number of nitrogens with one attached hydrogen (secondary N) is 2. The van der Waals surface area contributed by atoms with Crippen molar-refractivity contribution >= 4 is 28.8 Å². The quantitative estimate of drug-likeness (QED) is 0.290. The summed E-state index contributed by atoms with van der Waals surface area (Å²) in [7, 11) is 1.69. The Bertz CT molecular complexity index is 1540. The predicted molar refractivity (Wildman–Crippen MR) is 139 cm³/mol. The van der Waals surface area contributed by atoms with Crippen molar-refractivity contribution < 1.29 is 23.1 Å². The molecule has 1 amide bonds. The van der Waals surface area contributed by atoms with Gasteiger partial charge in [-0.15, -0.1) is 5.10 Å². The molecule has 5 heterocycles. The zero-order valence-corrected chi connectivity index (χ0v) is 21.4. The molecular weight excluding hydrogens is 515 g/mol. The molecule has 0 spiro atoms. The Morgan fingerprint density at radius 3 is 2.85 bits per heavy atom. The van der Waals surface area contributed by atoms with Crippen LogP contribution in [0.15, 0.2) is 42.7 Å². The minimum Gasteiger partial charge on any atom is -0.387 e. The number of aliphatic hydroxyl groups is 1. The molecule has 1 fully saturated rings. The number of aromatic nitrogens is 6. The Morgan fingerprint density at radius 1 is 1.31 bits per heavy atom. The van der Waals surface area contributed by atoms with E-state index in [9.17, 15) is 18.7 Å². The standard InChI is InChI=1S/C25H28F3N9O2/c1-3-8-25(28)14-35(21(39)13-38)9-7-18(25)31-24-32-23(29-2)22-16(6-10-36(22)34-24)17-4-5-20-30-12-15(11-19(26)27)37(20)33-17/h3-6,8,10,12,18-19,38H,7,9,11,13-14H2,1-2H3,(H2,29,31,32,34)/b8-3+/t18-,25?/m1/s1. The van der Waals surface area contributed by atoms with E-state index in [-0.39, 0.29) is 25.5 Å². The molecule has 1 saturated heterocycles. The number of piperidine rings is 1. The number of allylic oxidation sites excluding steroid dienone is 1. The highest BCUT2D eigenvalue weighted by molar-refractivity contribution is 5.87. The monoisotopic (exact) mass is 543 g/mol. The fraction of sp³-hybridized carbons (Fsp3) is 0.400. The summed E-state index contributed by atoms with van der Waals surface area (Å²) < 4.78 is 45.1. The molecule has 0 aliphatic carbocycles. The highest BCUT2D eigenvalue weighted by atomic mass is 19.3. The van der Waals surface area contributed by atoms with Gasteiger partial charge in [0.1, 0.15) is 12.1 Å². The number of nitrogens with zero attached hydrogens (tertiary/aromatic N) is 7. The highest BCUT2D eigenvalue weighted by Crippen LogP contribution is 2.32. The Hall–Kier alpha value is -4.20. The zero-order valence-electron chi connectivity index (χ0n) is 21.4. The Labute approximate surface area is 221 Å². The fourth-order valence-electron chi connectivity index (χ4n) is 4.94. The van der Waals surface area contributed by atoms with E-state index in [2.05, 4.69) is 30.8 Å². The van der Waals surface area contributed by atoms with Crippen molar-refractivity contribution in [1.29, 1.82) is 0 Å². The van der Waals surface area contributed by atoms with Gasteiger partial charge in [-0.1, -0.05) is 6.08 Å². The van der Waals surface area contributed by atoms with Gasteiger partial charge in [-0.3, -0.25) is 4.79 Å². The second kappa shape index (κ2) is 10.5. The summed E-state index contributed by atoms with van der Waals surface area (Å²) in [5.41, 5.74) is 0.609. The summed E-state index contributed by atoms with van der Waals surface area (Å²) in [5.74, 6) is 0.0831. The van der Waals surface area contributed by atoms with E-state index in [0.29, 0.717) is 33.9 Å². The molecule has 14 heteroatoms. The Morgan fingerprint density at radius 2 is 2.13 bits per heavy atom. The molecule has 0 radical (unpaired) electrons. The highest BCUT2D eigenvalue weighted by Gasteiger charge is 2.43. The molecule has 0 saturated carbocycles. The Kier molecular flexibility index (Phi) is 7.12. The van der Waals surface area contributed by atoms with Crippen LogP contribution in [0.3, 0.4) is 0 Å². The average Bonchev–Trinajstić information content (AvgIpc) is 3.52. The minimum absolute atomic E-state index is 0.171. The van der Waals surface area contributed by atoms with Crippen LogP contribution in [0.4, 0.5) is 24.9 Å². The van der Waals surface area contributed by atoms with Gasteiger partial charge >= 0.3 is 0 Å². The minimum atomic E-state index is -2.53. The number of anilines is 2. The second-order valence-electron chi connectivity index (χ2n) is 9.28. The summed E-state index contributed by atoms with van der Waals surface area (Å²) >= 11 is 0. The lowest BCUT2D eigenvalue weighted by Crippen LogP contribution is -2.58. The van der Waals surface area contributed by atoms with E-state index in [1.54, 1.807) is 49.0 Å². The van der Waals surface area contributed by atoms with Crippen LogP contribution in [0.25, 0.3) is 22.4 Å². The van der Waals surface area contributed by atoms with Crippen molar-refractivity contribution in [2.75, 3.05) is 37.4 Å². The van der Waals surface area contributed by atoms with Gasteiger partial charge in [-0.2, -0.15) is 10.1 Å². The number of alkyl halides is 3. The molecule has 0 bridgehead atoms. The smallest absolute Gasteiger partial charge is 0.248 e. The number of hydrogen-bond acceptors (Lipinski definition) is 8. The van der Waals surface area contributed by atoms with E-state index < -0.39 is 37.1 Å². The Balaban J connectivity index is 1.48. The van der Waals surface area contributed by atoms with E-state index in [1.165, 1.54) is 21.7 Å². The zero-order chi connectivity index (χ0) is 27.7. The van der Waals surface area contributed by atoms with Gasteiger partial charge in [0.2, 0.25) is 18.3 Å². The van der Waals surface area contributed by atoms with Crippen LogP contribution < -0.4 is 10.6 Å². The maximum atomic E-state index is 16.0. The lowest BCUT2D eigenvalue weighted by molar-refractivity contribution is -0.137. The summed E-state index contributed by atoms with van der Waals surface area (Å²) in [6, 6.07) is 4.50. The number of aliphatic hydroxyl groups excluding tert-OH is 1. The van der Waals surface area contributed by atoms with Crippen molar-refractivity contribution in [3.8, 4) is 11.3 Å². The number of imidazole rings is 1. The molecular formula is C25H28F3N9O2. The molecule has 39 heavy (non-hydrogen) atoms. The molecule has 5 rings (SSSR count). The first kappa shape index (κ1) is 26.4. The first-order chi connectivity index (χ1) is 18.8. The second-order valence-corrected chi connectivity index (χ2v) is 9.28. The van der Waals surface area contributed by atoms with Crippen molar-refractivity contribution in [3.05, 3.63) is 48.4 Å². The molecule has 3 N–H and O–H groups in total. The average molecular weight is 544 g/mol. The molecule has 206 valence electrons. The van der Waals surface area contributed by atoms with Gasteiger partial charge in [0.25, 0.3) is 0 Å². The lowest BCUT2D eigenvalue weighted by Gasteiger charge is -2.41. The van der Waals surface area contributed by atoms with Gasteiger partial charge < -0.3 is 20.6 Å². The predicted octanol–water partition coefficient (Wildman–Crippen LogP) is 2.58. The summed E-state index contributed by atoms with van der Waals surface area (Å²) in [5, 5.41) is 24.4. The number of amides is 1. The molecule has 2 atom stereocenters. The SMILES string of the molecule is C/C=C/C1(F)CN(C(=O)CO)CC[C@H]1Nc1nc(NC)c2c(-c3ccc4ncc(CC(F)F)n4n3)ccn2n1. The van der Waals surface area contributed by atoms with Crippen molar-refractivity contribution in [3.63, 3.8) is 0 Å². The number of likely N-dealkylation sites (tertiary alicyclic amines) is 1. The van der Waals surface area contributed by atoms with Crippen molar-refractivity contribution in [2.45, 2.75) is 37.9 Å². The van der Waals surface area contributed by atoms with Crippen LogP contribution in [-0.2, 0) is 11.2 Å². The number of halogens is 3. The lowest BCUT2D eigenvalue weighted by atomic mass is 9.88. The van der Waals surface area contributed by atoms with Gasteiger partial charge in [-0.25, -0.2) is 27.2 Å². The third-order valence-corrected chi connectivity index (χ3v) is 6.76. The summed E-state index contributed by atoms with van der Waals surface area (Å²) in [6.45, 7) is 1.07. The van der Waals surface area contributed by atoms with E-state index in [0.717, 1.165) is 0 Å². The van der Waals surface area contributed by atoms with Gasteiger partial charge in [-0.05, 0) is 37.6 Å². The van der Waals surface area contributed by atoms with Crippen LogP contribution in [0.2, 0.25) is 0 Å². The van der Waals surface area contributed by atoms with Gasteiger partial charge in [0.05, 0.1) is 36.6 Å². The van der Waals surface area contributed by atoms with Crippen LogP contribution in [0, 0.1) is 0 Å². The van der Waals surface area contributed by atoms with E-state index in [1.807, 2.05) is 0 Å². The van der Waals surface area contributed by atoms with Crippen molar-refractivity contribution in [2.24, 2.45) is 0 Å². The molecule has 1 aliphatic heterocycles. The van der Waals surface area contributed by atoms with Crippen molar-refractivity contribution in [1.82, 2.24) is 34.1 Å². The first-order valence-corrected chi connectivity index (χ1v) is 12.4. The van der Waals surface area contributed by atoms with Gasteiger partial charge in [0.15, 0.2) is 17.1 Å². The van der Waals surface area contributed by atoms with Crippen LogP contribution in [0.1, 0.15) is 19.0 Å². The topological polar surface area (TPSA) is 125 Å². The number of fused-ring (bicyclic) bond motifs is 2. The van der Waals surface area contributed by atoms with E-state index in [4.69, 9.17) is 0 Å².